The van der Waals surface area contributed by atoms with Gasteiger partial charge in [-0.2, -0.15) is 0 Å². The SMILES string of the molecule is Cc1nc(-c2ccccc2OCC(C)C)cc(=O)[nH]1. The largest absolute Gasteiger partial charge is 0.493 e. The average molecular weight is 258 g/mol. The van der Waals surface area contributed by atoms with E-state index < -0.39 is 0 Å². The molecule has 0 aliphatic carbocycles. The number of para-hydroxylation sites is 1. The Labute approximate surface area is 112 Å². The van der Waals surface area contributed by atoms with Gasteiger partial charge in [-0.25, -0.2) is 4.98 Å². The molecule has 0 atom stereocenters. The topological polar surface area (TPSA) is 55.0 Å². The van der Waals surface area contributed by atoms with E-state index in [9.17, 15) is 4.79 Å². The van der Waals surface area contributed by atoms with E-state index in [-0.39, 0.29) is 5.56 Å². The van der Waals surface area contributed by atoms with Gasteiger partial charge in [-0.05, 0) is 25.0 Å². The molecule has 1 N–H and O–H groups in total. The van der Waals surface area contributed by atoms with E-state index in [0.717, 1.165) is 11.3 Å². The third-order valence-corrected chi connectivity index (χ3v) is 2.60. The monoisotopic (exact) mass is 258 g/mol. The molecule has 0 spiro atoms. The summed E-state index contributed by atoms with van der Waals surface area (Å²) in [5, 5.41) is 0. The predicted molar refractivity (Wildman–Crippen MR) is 75.4 cm³/mol. The fourth-order valence-corrected chi connectivity index (χ4v) is 1.78. The van der Waals surface area contributed by atoms with Gasteiger partial charge in [-0.15, -0.1) is 0 Å². The summed E-state index contributed by atoms with van der Waals surface area (Å²) in [6.07, 6.45) is 0. The van der Waals surface area contributed by atoms with Crippen molar-refractivity contribution in [1.29, 1.82) is 0 Å². The number of aromatic nitrogens is 2. The number of ether oxygens (including phenoxy) is 1. The van der Waals surface area contributed by atoms with Gasteiger partial charge in [-0.3, -0.25) is 4.79 Å². The van der Waals surface area contributed by atoms with Crippen LogP contribution in [-0.2, 0) is 0 Å². The smallest absolute Gasteiger partial charge is 0.251 e. The zero-order valence-electron chi connectivity index (χ0n) is 11.4. The number of nitrogens with zero attached hydrogens (tertiary/aromatic N) is 1. The van der Waals surface area contributed by atoms with E-state index in [0.29, 0.717) is 24.0 Å². The second-order valence-corrected chi connectivity index (χ2v) is 4.92. The summed E-state index contributed by atoms with van der Waals surface area (Å²) < 4.78 is 5.78. The maximum atomic E-state index is 11.5. The Kier molecular flexibility index (Phi) is 4.00. The minimum Gasteiger partial charge on any atom is -0.493 e. The van der Waals surface area contributed by atoms with Crippen molar-refractivity contribution in [2.45, 2.75) is 20.8 Å². The number of hydrogen-bond donors (Lipinski definition) is 1. The molecule has 0 unspecified atom stereocenters. The Bertz CT molecular complexity index is 618. The van der Waals surface area contributed by atoms with Crippen molar-refractivity contribution in [3.05, 3.63) is 46.5 Å². The lowest BCUT2D eigenvalue weighted by atomic mass is 10.1. The van der Waals surface area contributed by atoms with Crippen LogP contribution in [0.1, 0.15) is 19.7 Å². The molecule has 19 heavy (non-hydrogen) atoms. The number of aromatic amines is 1. The van der Waals surface area contributed by atoms with Crippen LogP contribution in [0.3, 0.4) is 0 Å². The van der Waals surface area contributed by atoms with Gasteiger partial charge in [0, 0.05) is 11.6 Å². The molecule has 1 heterocycles. The van der Waals surface area contributed by atoms with Crippen LogP contribution in [0.15, 0.2) is 35.1 Å². The molecule has 1 aromatic heterocycles. The lowest BCUT2D eigenvalue weighted by molar-refractivity contribution is 0.272. The van der Waals surface area contributed by atoms with Gasteiger partial charge in [0.15, 0.2) is 0 Å². The first kappa shape index (κ1) is 13.3. The standard InChI is InChI=1S/C15H18N2O2/c1-10(2)9-19-14-7-5-4-6-12(14)13-8-15(18)17-11(3)16-13/h4-8,10H,9H2,1-3H3,(H,16,17,18). The minimum absolute atomic E-state index is 0.152. The van der Waals surface area contributed by atoms with E-state index in [2.05, 4.69) is 23.8 Å². The average Bonchev–Trinajstić information content (AvgIpc) is 2.35. The van der Waals surface area contributed by atoms with Crippen LogP contribution >= 0.6 is 0 Å². The molecule has 2 rings (SSSR count). The number of benzene rings is 1. The fraction of sp³-hybridized carbons (Fsp3) is 0.333. The summed E-state index contributed by atoms with van der Waals surface area (Å²) in [5.41, 5.74) is 1.33. The van der Waals surface area contributed by atoms with Gasteiger partial charge in [0.1, 0.15) is 11.6 Å². The van der Waals surface area contributed by atoms with E-state index in [1.165, 1.54) is 6.07 Å². The zero-order valence-corrected chi connectivity index (χ0v) is 11.4. The van der Waals surface area contributed by atoms with Crippen molar-refractivity contribution in [3.63, 3.8) is 0 Å². The van der Waals surface area contributed by atoms with Crippen LogP contribution in [0, 0.1) is 12.8 Å². The second-order valence-electron chi connectivity index (χ2n) is 4.92. The van der Waals surface area contributed by atoms with Crippen molar-refractivity contribution in [2.24, 2.45) is 5.92 Å². The molecular weight excluding hydrogens is 240 g/mol. The van der Waals surface area contributed by atoms with E-state index in [4.69, 9.17) is 4.74 Å². The van der Waals surface area contributed by atoms with Crippen LogP contribution in [0.4, 0.5) is 0 Å². The summed E-state index contributed by atoms with van der Waals surface area (Å²) in [4.78, 5) is 18.5. The molecule has 4 nitrogen and oxygen atoms in total. The van der Waals surface area contributed by atoms with Crippen LogP contribution in [0.25, 0.3) is 11.3 Å². The summed E-state index contributed by atoms with van der Waals surface area (Å²) in [5.74, 6) is 1.80. The molecule has 0 radical (unpaired) electrons. The third kappa shape index (κ3) is 3.44. The Morgan fingerprint density at radius 1 is 1.32 bits per heavy atom. The molecule has 0 saturated heterocycles. The molecule has 0 fully saturated rings. The van der Waals surface area contributed by atoms with Gasteiger partial charge in [0.2, 0.25) is 0 Å². The normalized spacial score (nSPS) is 10.7. The first-order valence-electron chi connectivity index (χ1n) is 6.36. The first-order chi connectivity index (χ1) is 9.06. The van der Waals surface area contributed by atoms with Crippen LogP contribution in [-0.4, -0.2) is 16.6 Å². The Morgan fingerprint density at radius 2 is 2.05 bits per heavy atom. The maximum absolute atomic E-state index is 11.5. The predicted octanol–water partition coefficient (Wildman–Crippen LogP) is 2.78. The van der Waals surface area contributed by atoms with Crippen LogP contribution < -0.4 is 10.3 Å². The maximum Gasteiger partial charge on any atom is 0.251 e. The highest BCUT2D eigenvalue weighted by atomic mass is 16.5. The van der Waals surface area contributed by atoms with Crippen molar-refractivity contribution < 1.29 is 4.74 Å². The van der Waals surface area contributed by atoms with Crippen molar-refractivity contribution >= 4 is 0 Å². The minimum atomic E-state index is -0.152. The Balaban J connectivity index is 2.41. The fourth-order valence-electron chi connectivity index (χ4n) is 1.78. The summed E-state index contributed by atoms with van der Waals surface area (Å²) in [6.45, 7) is 6.60. The molecule has 0 aliphatic rings. The molecule has 4 heteroatoms. The summed E-state index contributed by atoms with van der Waals surface area (Å²) >= 11 is 0. The molecule has 100 valence electrons. The van der Waals surface area contributed by atoms with E-state index in [1.807, 2.05) is 24.3 Å². The zero-order chi connectivity index (χ0) is 13.8. The number of H-pyrrole nitrogens is 1. The van der Waals surface area contributed by atoms with Crippen molar-refractivity contribution in [3.8, 4) is 17.0 Å². The highest BCUT2D eigenvalue weighted by Crippen LogP contribution is 2.27. The highest BCUT2D eigenvalue weighted by molar-refractivity contribution is 5.66. The molecule has 0 bridgehead atoms. The summed E-state index contributed by atoms with van der Waals surface area (Å²) in [6, 6.07) is 9.13. The van der Waals surface area contributed by atoms with E-state index >= 15 is 0 Å². The second kappa shape index (κ2) is 5.69. The van der Waals surface area contributed by atoms with Gasteiger partial charge >= 0.3 is 0 Å². The van der Waals surface area contributed by atoms with Crippen LogP contribution in [0.5, 0.6) is 5.75 Å². The van der Waals surface area contributed by atoms with Gasteiger partial charge in [0.25, 0.3) is 5.56 Å². The molecule has 0 amide bonds. The number of aryl methyl sites for hydroxylation is 1. The van der Waals surface area contributed by atoms with Crippen molar-refractivity contribution in [2.75, 3.05) is 6.61 Å². The number of nitrogens with one attached hydrogen (secondary N) is 1. The Hall–Kier alpha value is -2.10. The lowest BCUT2D eigenvalue weighted by Crippen LogP contribution is -2.09. The highest BCUT2D eigenvalue weighted by Gasteiger charge is 2.09. The molecule has 2 aromatic rings. The molecule has 0 aliphatic heterocycles. The lowest BCUT2D eigenvalue weighted by Gasteiger charge is -2.12. The first-order valence-corrected chi connectivity index (χ1v) is 6.36. The summed E-state index contributed by atoms with van der Waals surface area (Å²) in [7, 11) is 0. The molecule has 0 saturated carbocycles. The van der Waals surface area contributed by atoms with Gasteiger partial charge in [-0.1, -0.05) is 26.0 Å². The Morgan fingerprint density at radius 3 is 2.74 bits per heavy atom. The quantitative estimate of drug-likeness (QED) is 0.917. The number of rotatable bonds is 4. The molecular formula is C15H18N2O2. The van der Waals surface area contributed by atoms with Crippen LogP contribution in [0.2, 0.25) is 0 Å². The van der Waals surface area contributed by atoms with Gasteiger partial charge < -0.3 is 9.72 Å². The third-order valence-electron chi connectivity index (χ3n) is 2.60. The molecule has 1 aromatic carbocycles. The van der Waals surface area contributed by atoms with E-state index in [1.54, 1.807) is 6.92 Å². The van der Waals surface area contributed by atoms with Crippen molar-refractivity contribution in [1.82, 2.24) is 9.97 Å². The van der Waals surface area contributed by atoms with Gasteiger partial charge in [0.05, 0.1) is 12.3 Å². The number of hydrogen-bond acceptors (Lipinski definition) is 3.